The lowest BCUT2D eigenvalue weighted by Gasteiger charge is -2.09. The van der Waals surface area contributed by atoms with E-state index < -0.39 is 5.97 Å². The number of benzene rings is 2. The van der Waals surface area contributed by atoms with Crippen molar-refractivity contribution in [2.45, 2.75) is 6.61 Å². The second kappa shape index (κ2) is 6.29. The lowest BCUT2D eigenvalue weighted by atomic mass is 10.2. The molecule has 0 amide bonds. The van der Waals surface area contributed by atoms with Gasteiger partial charge in [-0.3, -0.25) is 0 Å². The van der Waals surface area contributed by atoms with Crippen LogP contribution in [0.15, 0.2) is 42.5 Å². The van der Waals surface area contributed by atoms with Gasteiger partial charge in [0.1, 0.15) is 6.61 Å². The Balaban J connectivity index is 2.11. The number of carbonyl (C=O) groups is 1. The number of hydrogen-bond donors (Lipinski definition) is 0. The second-order valence-electron chi connectivity index (χ2n) is 3.76. The topological polar surface area (TPSA) is 26.3 Å². The Bertz CT molecular complexity index is 591. The third-order valence-corrected chi connectivity index (χ3v) is 3.54. The van der Waals surface area contributed by atoms with Gasteiger partial charge in [0.05, 0.1) is 10.6 Å². The zero-order chi connectivity index (χ0) is 13.8. The summed E-state index contributed by atoms with van der Waals surface area (Å²) in [5.41, 5.74) is 0.888. The van der Waals surface area contributed by atoms with Crippen LogP contribution in [-0.2, 0) is 11.3 Å². The average Bonchev–Trinajstić information content (AvgIpc) is 2.38. The lowest BCUT2D eigenvalue weighted by molar-refractivity contribution is 0.0473. The molecule has 98 valence electrons. The molecule has 0 saturated heterocycles. The van der Waals surface area contributed by atoms with Crippen molar-refractivity contribution in [3.8, 4) is 0 Å². The molecule has 0 saturated carbocycles. The summed E-state index contributed by atoms with van der Waals surface area (Å²) in [5, 5.41) is 1.26. The van der Waals surface area contributed by atoms with Gasteiger partial charge in [0.2, 0.25) is 0 Å². The Hall–Kier alpha value is -1.22. The molecular weight excluding hydrogens is 307 g/mol. The number of hydrogen-bond acceptors (Lipinski definition) is 2. The molecule has 0 fully saturated rings. The van der Waals surface area contributed by atoms with Gasteiger partial charge in [0.25, 0.3) is 0 Å². The summed E-state index contributed by atoms with van der Waals surface area (Å²) in [7, 11) is 0. The van der Waals surface area contributed by atoms with Crippen LogP contribution >= 0.6 is 34.8 Å². The molecule has 0 radical (unpaired) electrons. The van der Waals surface area contributed by atoms with Crippen molar-refractivity contribution < 1.29 is 9.53 Å². The van der Waals surface area contributed by atoms with Gasteiger partial charge < -0.3 is 4.74 Å². The number of carbonyl (C=O) groups excluding carboxylic acids is 1. The van der Waals surface area contributed by atoms with E-state index in [0.29, 0.717) is 26.2 Å². The summed E-state index contributed by atoms with van der Waals surface area (Å²) >= 11 is 17.9. The van der Waals surface area contributed by atoms with Crippen LogP contribution in [0.4, 0.5) is 0 Å². The minimum absolute atomic E-state index is 0.00254. The fourth-order valence-corrected chi connectivity index (χ4v) is 2.23. The standard InChI is InChI=1S/C14H9Cl3O2/c15-11-5-2-1-4-9(11)14(18)19-8-10-12(16)6-3-7-13(10)17/h1-7H,8H2. The van der Waals surface area contributed by atoms with Crippen LogP contribution in [0.2, 0.25) is 15.1 Å². The molecule has 0 aliphatic carbocycles. The Labute approximate surface area is 125 Å². The lowest BCUT2D eigenvalue weighted by Crippen LogP contribution is -2.06. The predicted molar refractivity (Wildman–Crippen MR) is 77.0 cm³/mol. The van der Waals surface area contributed by atoms with Crippen LogP contribution < -0.4 is 0 Å². The normalized spacial score (nSPS) is 10.3. The molecular formula is C14H9Cl3O2. The maximum atomic E-state index is 11.9. The third-order valence-electron chi connectivity index (χ3n) is 2.50. The van der Waals surface area contributed by atoms with Crippen molar-refractivity contribution in [2.24, 2.45) is 0 Å². The number of halogens is 3. The van der Waals surface area contributed by atoms with E-state index >= 15 is 0 Å². The summed E-state index contributed by atoms with van der Waals surface area (Å²) in [6, 6.07) is 11.8. The molecule has 0 aliphatic rings. The molecule has 0 atom stereocenters. The second-order valence-corrected chi connectivity index (χ2v) is 4.98. The van der Waals surface area contributed by atoms with Crippen LogP contribution in [0.5, 0.6) is 0 Å². The minimum atomic E-state index is -0.512. The summed E-state index contributed by atoms with van der Waals surface area (Å²) in [6.45, 7) is 0.00254. The number of ether oxygens (including phenoxy) is 1. The van der Waals surface area contributed by atoms with Gasteiger partial charge in [-0.15, -0.1) is 0 Å². The summed E-state index contributed by atoms with van der Waals surface area (Å²) in [6.07, 6.45) is 0. The van der Waals surface area contributed by atoms with E-state index in [-0.39, 0.29) is 6.61 Å². The monoisotopic (exact) mass is 314 g/mol. The molecule has 2 aromatic rings. The largest absolute Gasteiger partial charge is 0.457 e. The molecule has 0 heterocycles. The first-order valence-corrected chi connectivity index (χ1v) is 6.57. The highest BCUT2D eigenvalue weighted by molar-refractivity contribution is 6.36. The van der Waals surface area contributed by atoms with E-state index in [0.717, 1.165) is 0 Å². The van der Waals surface area contributed by atoms with Crippen molar-refractivity contribution in [1.29, 1.82) is 0 Å². The zero-order valence-corrected chi connectivity index (χ0v) is 12.0. The van der Waals surface area contributed by atoms with Gasteiger partial charge in [0, 0.05) is 15.6 Å². The summed E-state index contributed by atoms with van der Waals surface area (Å²) < 4.78 is 5.16. The van der Waals surface area contributed by atoms with Crippen LogP contribution in [0, 0.1) is 0 Å². The Morgan fingerprint density at radius 1 is 0.895 bits per heavy atom. The fourth-order valence-electron chi connectivity index (χ4n) is 1.51. The maximum Gasteiger partial charge on any atom is 0.339 e. The van der Waals surface area contributed by atoms with E-state index in [2.05, 4.69) is 0 Å². The minimum Gasteiger partial charge on any atom is -0.457 e. The zero-order valence-electron chi connectivity index (χ0n) is 9.70. The van der Waals surface area contributed by atoms with Crippen LogP contribution in [0.25, 0.3) is 0 Å². The molecule has 19 heavy (non-hydrogen) atoms. The molecule has 0 unspecified atom stereocenters. The average molecular weight is 316 g/mol. The fraction of sp³-hybridized carbons (Fsp3) is 0.0714. The summed E-state index contributed by atoms with van der Waals surface area (Å²) in [5.74, 6) is -0.512. The van der Waals surface area contributed by atoms with Gasteiger partial charge in [-0.05, 0) is 24.3 Å². The van der Waals surface area contributed by atoms with E-state index in [4.69, 9.17) is 39.5 Å². The molecule has 2 nitrogen and oxygen atoms in total. The van der Waals surface area contributed by atoms with Crippen molar-refractivity contribution >= 4 is 40.8 Å². The maximum absolute atomic E-state index is 11.9. The first kappa shape index (κ1) is 14.2. The quantitative estimate of drug-likeness (QED) is 0.745. The Morgan fingerprint density at radius 3 is 2.11 bits per heavy atom. The number of esters is 1. The SMILES string of the molecule is O=C(OCc1c(Cl)cccc1Cl)c1ccccc1Cl. The van der Waals surface area contributed by atoms with E-state index in [9.17, 15) is 4.79 Å². The highest BCUT2D eigenvalue weighted by atomic mass is 35.5. The molecule has 0 bridgehead atoms. The van der Waals surface area contributed by atoms with Gasteiger partial charge in [-0.25, -0.2) is 4.79 Å². The first-order chi connectivity index (χ1) is 9.09. The van der Waals surface area contributed by atoms with Crippen molar-refractivity contribution in [2.75, 3.05) is 0 Å². The van der Waals surface area contributed by atoms with Gasteiger partial charge in [-0.1, -0.05) is 53.0 Å². The molecule has 2 aromatic carbocycles. The molecule has 5 heteroatoms. The smallest absolute Gasteiger partial charge is 0.339 e. The Kier molecular flexibility index (Phi) is 4.70. The highest BCUT2D eigenvalue weighted by Crippen LogP contribution is 2.25. The van der Waals surface area contributed by atoms with Gasteiger partial charge >= 0.3 is 5.97 Å². The van der Waals surface area contributed by atoms with E-state index in [1.165, 1.54) is 0 Å². The molecule has 0 aromatic heterocycles. The van der Waals surface area contributed by atoms with Crippen LogP contribution in [0.1, 0.15) is 15.9 Å². The van der Waals surface area contributed by atoms with Crippen LogP contribution in [0.3, 0.4) is 0 Å². The van der Waals surface area contributed by atoms with Crippen LogP contribution in [-0.4, -0.2) is 5.97 Å². The van der Waals surface area contributed by atoms with Crippen molar-refractivity contribution in [3.05, 3.63) is 68.7 Å². The molecule has 0 spiro atoms. The van der Waals surface area contributed by atoms with E-state index in [1.54, 1.807) is 42.5 Å². The molecule has 0 aliphatic heterocycles. The Morgan fingerprint density at radius 2 is 1.47 bits per heavy atom. The number of rotatable bonds is 3. The predicted octanol–water partition coefficient (Wildman–Crippen LogP) is 5.00. The first-order valence-electron chi connectivity index (χ1n) is 5.44. The van der Waals surface area contributed by atoms with Gasteiger partial charge in [0.15, 0.2) is 0 Å². The van der Waals surface area contributed by atoms with Crippen molar-refractivity contribution in [1.82, 2.24) is 0 Å². The van der Waals surface area contributed by atoms with Gasteiger partial charge in [-0.2, -0.15) is 0 Å². The third kappa shape index (κ3) is 3.41. The highest BCUT2D eigenvalue weighted by Gasteiger charge is 2.13. The summed E-state index contributed by atoms with van der Waals surface area (Å²) in [4.78, 5) is 11.9. The van der Waals surface area contributed by atoms with Crippen molar-refractivity contribution in [3.63, 3.8) is 0 Å². The van der Waals surface area contributed by atoms with E-state index in [1.807, 2.05) is 0 Å². The molecule has 0 N–H and O–H groups in total. The molecule has 2 rings (SSSR count).